The molecule has 1 fully saturated rings. The Hall–Kier alpha value is -1.46. The van der Waals surface area contributed by atoms with Crippen LogP contribution >= 0.6 is 12.2 Å². The summed E-state index contributed by atoms with van der Waals surface area (Å²) in [6, 6.07) is 7.59. The predicted molar refractivity (Wildman–Crippen MR) is 81.7 cm³/mol. The van der Waals surface area contributed by atoms with E-state index in [9.17, 15) is 4.79 Å². The summed E-state index contributed by atoms with van der Waals surface area (Å²) in [5.74, 6) is 0. The van der Waals surface area contributed by atoms with E-state index >= 15 is 0 Å². The van der Waals surface area contributed by atoms with Gasteiger partial charge in [-0.2, -0.15) is 0 Å². The van der Waals surface area contributed by atoms with Crippen molar-refractivity contribution >= 4 is 23.1 Å². The highest BCUT2D eigenvalue weighted by atomic mass is 32.1. The fourth-order valence-corrected chi connectivity index (χ4v) is 3.27. The largest absolute Gasteiger partial charge is 0.375 e. The Morgan fingerprint density at radius 2 is 2.15 bits per heavy atom. The van der Waals surface area contributed by atoms with Gasteiger partial charge in [0.1, 0.15) is 0 Å². The van der Waals surface area contributed by atoms with Gasteiger partial charge in [-0.3, -0.25) is 9.36 Å². The van der Waals surface area contributed by atoms with E-state index in [0.717, 1.165) is 18.4 Å². The monoisotopic (exact) mass is 290 g/mol. The van der Waals surface area contributed by atoms with Gasteiger partial charge in [-0.05, 0) is 51.0 Å². The standard InChI is InChI=1S/C15H18N2O2S/c1-15(2)9-10(7-8-19-15)17-13(18)11-5-3-4-6-12(11)16-14(17)20/h3-6,10H,7-9H2,1-2H3,(H,16,20)/t10-/m1/s1. The molecule has 0 bridgehead atoms. The summed E-state index contributed by atoms with van der Waals surface area (Å²) in [5, 5.41) is 0.686. The van der Waals surface area contributed by atoms with Gasteiger partial charge in [-0.15, -0.1) is 0 Å². The fourth-order valence-electron chi connectivity index (χ4n) is 2.93. The molecule has 2 aromatic rings. The third kappa shape index (κ3) is 2.31. The van der Waals surface area contributed by atoms with Crippen LogP contribution in [0.25, 0.3) is 10.9 Å². The highest BCUT2D eigenvalue weighted by Crippen LogP contribution is 2.31. The zero-order valence-electron chi connectivity index (χ0n) is 11.7. The molecule has 1 atom stereocenters. The summed E-state index contributed by atoms with van der Waals surface area (Å²) >= 11 is 5.39. The second kappa shape index (κ2) is 4.82. The summed E-state index contributed by atoms with van der Waals surface area (Å²) < 4.78 is 7.95. The van der Waals surface area contributed by atoms with Gasteiger partial charge in [0.15, 0.2) is 4.77 Å². The minimum absolute atomic E-state index is 0.00736. The molecule has 0 saturated carbocycles. The van der Waals surface area contributed by atoms with Crippen LogP contribution in [0.5, 0.6) is 0 Å². The van der Waals surface area contributed by atoms with Crippen molar-refractivity contribution in [2.24, 2.45) is 0 Å². The number of hydrogen-bond donors (Lipinski definition) is 1. The molecule has 20 heavy (non-hydrogen) atoms. The summed E-state index contributed by atoms with van der Waals surface area (Å²) in [7, 11) is 0. The molecule has 0 unspecified atom stereocenters. The van der Waals surface area contributed by atoms with Gasteiger partial charge >= 0.3 is 0 Å². The number of ether oxygens (including phenoxy) is 1. The second-order valence-electron chi connectivity index (χ2n) is 5.91. The first-order valence-electron chi connectivity index (χ1n) is 6.85. The molecule has 0 radical (unpaired) electrons. The Kier molecular flexibility index (Phi) is 3.26. The van der Waals surface area contributed by atoms with Gasteiger partial charge < -0.3 is 9.72 Å². The number of nitrogens with one attached hydrogen (secondary N) is 1. The van der Waals surface area contributed by atoms with Gasteiger partial charge in [0.05, 0.1) is 16.5 Å². The number of rotatable bonds is 1. The lowest BCUT2D eigenvalue weighted by Crippen LogP contribution is -2.38. The average molecular weight is 290 g/mol. The van der Waals surface area contributed by atoms with Crippen molar-refractivity contribution in [3.05, 3.63) is 39.4 Å². The van der Waals surface area contributed by atoms with E-state index in [0.29, 0.717) is 16.8 Å². The SMILES string of the molecule is CC1(C)C[C@H](n2c(=S)[nH]c3ccccc3c2=O)CCO1. The minimum atomic E-state index is -0.213. The summed E-state index contributed by atoms with van der Waals surface area (Å²) in [5.41, 5.74) is 0.576. The maximum atomic E-state index is 12.7. The van der Waals surface area contributed by atoms with E-state index in [-0.39, 0.29) is 17.2 Å². The molecule has 2 heterocycles. The van der Waals surface area contributed by atoms with Crippen LogP contribution in [0.3, 0.4) is 0 Å². The minimum Gasteiger partial charge on any atom is -0.375 e. The van der Waals surface area contributed by atoms with Crippen LogP contribution in [0, 0.1) is 4.77 Å². The Bertz CT molecular complexity index is 760. The van der Waals surface area contributed by atoms with Crippen LogP contribution in [0.2, 0.25) is 0 Å². The number of aromatic amines is 1. The van der Waals surface area contributed by atoms with Crippen molar-refractivity contribution in [1.82, 2.24) is 9.55 Å². The zero-order chi connectivity index (χ0) is 14.3. The van der Waals surface area contributed by atoms with E-state index in [1.165, 1.54) is 0 Å². The molecule has 1 aliphatic heterocycles. The number of H-pyrrole nitrogens is 1. The van der Waals surface area contributed by atoms with E-state index in [4.69, 9.17) is 17.0 Å². The second-order valence-corrected chi connectivity index (χ2v) is 6.29. The average Bonchev–Trinajstić information content (AvgIpc) is 2.37. The van der Waals surface area contributed by atoms with E-state index in [1.807, 2.05) is 24.3 Å². The molecule has 1 saturated heterocycles. The maximum Gasteiger partial charge on any atom is 0.262 e. The third-order valence-electron chi connectivity index (χ3n) is 3.87. The molecule has 4 nitrogen and oxygen atoms in total. The van der Waals surface area contributed by atoms with E-state index < -0.39 is 0 Å². The van der Waals surface area contributed by atoms with Gasteiger partial charge in [0.2, 0.25) is 0 Å². The lowest BCUT2D eigenvalue weighted by atomic mass is 9.94. The first kappa shape index (κ1) is 13.5. The number of aromatic nitrogens is 2. The first-order valence-corrected chi connectivity index (χ1v) is 7.26. The molecule has 5 heteroatoms. The van der Waals surface area contributed by atoms with Crippen molar-refractivity contribution < 1.29 is 4.74 Å². The van der Waals surface area contributed by atoms with Crippen LogP contribution in [-0.2, 0) is 4.74 Å². The Morgan fingerprint density at radius 1 is 1.40 bits per heavy atom. The Labute approximate surface area is 122 Å². The zero-order valence-corrected chi connectivity index (χ0v) is 12.5. The molecule has 1 aromatic carbocycles. The van der Waals surface area contributed by atoms with Crippen molar-refractivity contribution in [3.8, 4) is 0 Å². The van der Waals surface area contributed by atoms with Gasteiger partial charge in [0.25, 0.3) is 5.56 Å². The van der Waals surface area contributed by atoms with Gasteiger partial charge in [0, 0.05) is 12.6 Å². The molecule has 3 rings (SSSR count). The quantitative estimate of drug-likeness (QED) is 0.821. The number of benzene rings is 1. The molecule has 1 N–H and O–H groups in total. The Morgan fingerprint density at radius 3 is 2.90 bits per heavy atom. The molecular weight excluding hydrogens is 272 g/mol. The van der Waals surface area contributed by atoms with Crippen LogP contribution in [0.15, 0.2) is 29.1 Å². The van der Waals surface area contributed by atoms with Gasteiger partial charge in [-0.1, -0.05) is 12.1 Å². The molecule has 0 aliphatic carbocycles. The van der Waals surface area contributed by atoms with Crippen LogP contribution in [-0.4, -0.2) is 21.8 Å². The highest BCUT2D eigenvalue weighted by molar-refractivity contribution is 7.71. The van der Waals surface area contributed by atoms with Crippen molar-refractivity contribution in [2.45, 2.75) is 38.3 Å². The summed E-state index contributed by atoms with van der Waals surface area (Å²) in [6.45, 7) is 4.77. The predicted octanol–water partition coefficient (Wildman–Crippen LogP) is 3.19. The third-order valence-corrected chi connectivity index (χ3v) is 4.17. The number of para-hydroxylation sites is 1. The first-order chi connectivity index (χ1) is 9.48. The fraction of sp³-hybridized carbons (Fsp3) is 0.467. The summed E-state index contributed by atoms with van der Waals surface area (Å²) in [4.78, 5) is 15.9. The summed E-state index contributed by atoms with van der Waals surface area (Å²) in [6.07, 6.45) is 1.61. The molecule has 1 aromatic heterocycles. The lowest BCUT2D eigenvalue weighted by Gasteiger charge is -2.36. The molecule has 106 valence electrons. The number of nitrogens with zero attached hydrogens (tertiary/aromatic N) is 1. The maximum absolute atomic E-state index is 12.7. The van der Waals surface area contributed by atoms with E-state index in [2.05, 4.69) is 18.8 Å². The smallest absolute Gasteiger partial charge is 0.262 e. The van der Waals surface area contributed by atoms with Crippen molar-refractivity contribution in [3.63, 3.8) is 0 Å². The van der Waals surface area contributed by atoms with Crippen molar-refractivity contribution in [1.29, 1.82) is 0 Å². The molecule has 0 amide bonds. The lowest BCUT2D eigenvalue weighted by molar-refractivity contribution is -0.0698. The topological polar surface area (TPSA) is 47.0 Å². The number of fused-ring (bicyclic) bond motifs is 1. The normalized spacial score (nSPS) is 22.0. The molecular formula is C15H18N2O2S. The van der Waals surface area contributed by atoms with Crippen molar-refractivity contribution in [2.75, 3.05) is 6.61 Å². The number of hydrogen-bond acceptors (Lipinski definition) is 3. The van der Waals surface area contributed by atoms with Crippen LogP contribution < -0.4 is 5.56 Å². The van der Waals surface area contributed by atoms with Crippen LogP contribution in [0.1, 0.15) is 32.7 Å². The van der Waals surface area contributed by atoms with Gasteiger partial charge in [-0.25, -0.2) is 0 Å². The highest BCUT2D eigenvalue weighted by Gasteiger charge is 2.31. The molecule has 1 aliphatic rings. The molecule has 0 spiro atoms. The Balaban J connectivity index is 2.17. The van der Waals surface area contributed by atoms with E-state index in [1.54, 1.807) is 4.57 Å². The van der Waals surface area contributed by atoms with Crippen LogP contribution in [0.4, 0.5) is 0 Å².